The summed E-state index contributed by atoms with van der Waals surface area (Å²) >= 11 is 1.38. The minimum absolute atomic E-state index is 0.118. The molecule has 0 bridgehead atoms. The molecule has 2 aromatic carbocycles. The van der Waals surface area contributed by atoms with Gasteiger partial charge in [-0.2, -0.15) is 0 Å². The van der Waals surface area contributed by atoms with E-state index in [0.717, 1.165) is 17.5 Å². The zero-order valence-electron chi connectivity index (χ0n) is 14.6. The zero-order chi connectivity index (χ0) is 18.6. The van der Waals surface area contributed by atoms with Crippen LogP contribution < -0.4 is 5.32 Å². The molecule has 0 unspecified atom stereocenters. The molecule has 27 heavy (non-hydrogen) atoms. The number of benzene rings is 2. The van der Waals surface area contributed by atoms with Crippen molar-refractivity contribution < 1.29 is 9.59 Å². The molecule has 0 saturated carbocycles. The van der Waals surface area contributed by atoms with Gasteiger partial charge in [0.1, 0.15) is 0 Å². The number of fused-ring (bicyclic) bond motifs is 1. The largest absolute Gasteiger partial charge is 0.361 e. The molecule has 2 aromatic heterocycles. The van der Waals surface area contributed by atoms with Gasteiger partial charge in [-0.25, -0.2) is 0 Å². The monoisotopic (exact) mass is 374 g/mol. The molecule has 4 rings (SSSR count). The van der Waals surface area contributed by atoms with Crippen LogP contribution >= 0.6 is 11.3 Å². The molecule has 0 radical (unpaired) electrons. The summed E-state index contributed by atoms with van der Waals surface area (Å²) in [4.78, 5) is 29.2. The Morgan fingerprint density at radius 3 is 2.52 bits per heavy atom. The summed E-state index contributed by atoms with van der Waals surface area (Å²) in [5.41, 5.74) is 3.10. The number of rotatable bonds is 6. The Hall–Kier alpha value is -3.18. The van der Waals surface area contributed by atoms with E-state index in [-0.39, 0.29) is 11.7 Å². The van der Waals surface area contributed by atoms with E-state index in [1.54, 1.807) is 30.3 Å². The Kier molecular flexibility index (Phi) is 4.85. The molecule has 4 nitrogen and oxygen atoms in total. The number of aromatic nitrogens is 1. The average Bonchev–Trinajstić information content (AvgIpc) is 3.38. The number of aromatic amines is 1. The smallest absolute Gasteiger partial charge is 0.252 e. The number of para-hydroxylation sites is 1. The normalized spacial score (nSPS) is 10.8. The fraction of sp³-hybridized carbons (Fsp3) is 0.0909. The number of thiophene rings is 1. The number of hydrogen-bond acceptors (Lipinski definition) is 3. The standard InChI is InChI=1S/C22H18N2O2S/c25-21(20-10-5-13-27-20)17-7-1-2-8-18(17)22(26)23-12-11-15-14-24-19-9-4-3-6-16(15)19/h1-10,13-14,24H,11-12H2,(H,23,26). The second-order valence-corrected chi connectivity index (χ2v) is 7.17. The summed E-state index contributed by atoms with van der Waals surface area (Å²) in [6.07, 6.45) is 2.70. The van der Waals surface area contributed by atoms with Gasteiger partial charge in [-0.15, -0.1) is 11.3 Å². The van der Waals surface area contributed by atoms with Crippen LogP contribution in [0.25, 0.3) is 10.9 Å². The van der Waals surface area contributed by atoms with Gasteiger partial charge in [-0.3, -0.25) is 9.59 Å². The average molecular weight is 374 g/mol. The highest BCUT2D eigenvalue weighted by Crippen LogP contribution is 2.19. The fourth-order valence-electron chi connectivity index (χ4n) is 3.16. The van der Waals surface area contributed by atoms with E-state index in [1.807, 2.05) is 35.8 Å². The molecule has 4 aromatic rings. The van der Waals surface area contributed by atoms with Crippen molar-refractivity contribution in [1.82, 2.24) is 10.3 Å². The number of amides is 1. The van der Waals surface area contributed by atoms with Crippen molar-refractivity contribution in [1.29, 1.82) is 0 Å². The van der Waals surface area contributed by atoms with Crippen LogP contribution in [0.15, 0.2) is 72.2 Å². The molecule has 0 aliphatic rings. The van der Waals surface area contributed by atoms with Gasteiger partial charge in [0, 0.05) is 29.2 Å². The summed E-state index contributed by atoms with van der Waals surface area (Å²) in [6, 6.07) is 18.7. The summed E-state index contributed by atoms with van der Waals surface area (Å²) < 4.78 is 0. The predicted octanol–water partition coefficient (Wildman–Crippen LogP) is 4.43. The fourth-order valence-corrected chi connectivity index (χ4v) is 3.84. The van der Waals surface area contributed by atoms with Crippen molar-refractivity contribution in [2.45, 2.75) is 6.42 Å². The Bertz CT molecular complexity index is 1100. The van der Waals surface area contributed by atoms with Crippen LogP contribution in [0.4, 0.5) is 0 Å². The van der Waals surface area contributed by atoms with Gasteiger partial charge in [0.05, 0.1) is 10.4 Å². The molecule has 0 aliphatic heterocycles. The third-order valence-electron chi connectivity index (χ3n) is 4.52. The first-order valence-electron chi connectivity index (χ1n) is 8.74. The molecule has 2 N–H and O–H groups in total. The van der Waals surface area contributed by atoms with Crippen molar-refractivity contribution in [2.24, 2.45) is 0 Å². The molecular formula is C22H18N2O2S. The van der Waals surface area contributed by atoms with Crippen LogP contribution in [-0.4, -0.2) is 23.2 Å². The van der Waals surface area contributed by atoms with Crippen LogP contribution in [0.1, 0.15) is 31.2 Å². The molecule has 0 aliphatic carbocycles. The third-order valence-corrected chi connectivity index (χ3v) is 5.38. The number of carbonyl (C=O) groups is 2. The van der Waals surface area contributed by atoms with E-state index in [4.69, 9.17) is 0 Å². The molecular weight excluding hydrogens is 356 g/mol. The van der Waals surface area contributed by atoms with Crippen LogP contribution in [0.5, 0.6) is 0 Å². The lowest BCUT2D eigenvalue weighted by Gasteiger charge is -2.09. The van der Waals surface area contributed by atoms with E-state index in [0.29, 0.717) is 22.5 Å². The summed E-state index contributed by atoms with van der Waals surface area (Å²) in [5, 5.41) is 5.97. The van der Waals surface area contributed by atoms with E-state index >= 15 is 0 Å². The quantitative estimate of drug-likeness (QED) is 0.490. The topological polar surface area (TPSA) is 62.0 Å². The zero-order valence-corrected chi connectivity index (χ0v) is 15.4. The van der Waals surface area contributed by atoms with E-state index in [1.165, 1.54) is 16.7 Å². The summed E-state index contributed by atoms with van der Waals surface area (Å²) in [6.45, 7) is 0.502. The van der Waals surface area contributed by atoms with Gasteiger partial charge in [-0.05, 0) is 35.6 Å². The van der Waals surface area contributed by atoms with Gasteiger partial charge >= 0.3 is 0 Å². The SMILES string of the molecule is O=C(NCCc1c[nH]c2ccccc12)c1ccccc1C(=O)c1cccs1. The predicted molar refractivity (Wildman–Crippen MR) is 109 cm³/mol. The van der Waals surface area contributed by atoms with Gasteiger partial charge in [0.25, 0.3) is 5.91 Å². The van der Waals surface area contributed by atoms with Crippen molar-refractivity contribution in [3.63, 3.8) is 0 Å². The Morgan fingerprint density at radius 1 is 0.926 bits per heavy atom. The van der Waals surface area contributed by atoms with Gasteiger partial charge in [0.15, 0.2) is 0 Å². The second-order valence-electron chi connectivity index (χ2n) is 6.22. The molecule has 2 heterocycles. The van der Waals surface area contributed by atoms with Crippen LogP contribution in [0, 0.1) is 0 Å². The Labute approximate surface area is 160 Å². The highest BCUT2D eigenvalue weighted by molar-refractivity contribution is 7.12. The maximum atomic E-state index is 12.7. The molecule has 5 heteroatoms. The van der Waals surface area contributed by atoms with Crippen molar-refractivity contribution in [2.75, 3.05) is 6.54 Å². The minimum atomic E-state index is -0.227. The van der Waals surface area contributed by atoms with Crippen molar-refractivity contribution in [3.8, 4) is 0 Å². The number of ketones is 1. The summed E-state index contributed by atoms with van der Waals surface area (Å²) in [5.74, 6) is -0.345. The third kappa shape index (κ3) is 3.55. The lowest BCUT2D eigenvalue weighted by Crippen LogP contribution is -2.27. The molecule has 0 spiro atoms. The van der Waals surface area contributed by atoms with Crippen molar-refractivity contribution >= 4 is 33.9 Å². The van der Waals surface area contributed by atoms with Crippen LogP contribution in [-0.2, 0) is 6.42 Å². The van der Waals surface area contributed by atoms with Gasteiger partial charge in [-0.1, -0.05) is 42.5 Å². The van der Waals surface area contributed by atoms with E-state index in [9.17, 15) is 9.59 Å². The van der Waals surface area contributed by atoms with Crippen LogP contribution in [0.2, 0.25) is 0 Å². The van der Waals surface area contributed by atoms with Crippen molar-refractivity contribution in [3.05, 3.63) is 93.8 Å². The molecule has 0 fully saturated rings. The molecule has 134 valence electrons. The highest BCUT2D eigenvalue weighted by Gasteiger charge is 2.18. The molecule has 0 atom stereocenters. The van der Waals surface area contributed by atoms with Crippen LogP contribution in [0.3, 0.4) is 0 Å². The van der Waals surface area contributed by atoms with Gasteiger partial charge < -0.3 is 10.3 Å². The van der Waals surface area contributed by atoms with Gasteiger partial charge in [0.2, 0.25) is 5.78 Å². The number of nitrogens with one attached hydrogen (secondary N) is 2. The lowest BCUT2D eigenvalue weighted by molar-refractivity contribution is 0.0943. The number of carbonyl (C=O) groups excluding carboxylic acids is 2. The first-order chi connectivity index (χ1) is 13.2. The molecule has 1 amide bonds. The lowest BCUT2D eigenvalue weighted by atomic mass is 10.0. The minimum Gasteiger partial charge on any atom is -0.361 e. The van der Waals surface area contributed by atoms with E-state index < -0.39 is 0 Å². The second kappa shape index (κ2) is 7.60. The maximum absolute atomic E-state index is 12.7. The number of H-pyrrole nitrogens is 1. The maximum Gasteiger partial charge on any atom is 0.252 e. The Balaban J connectivity index is 1.47. The number of hydrogen-bond donors (Lipinski definition) is 2. The Morgan fingerprint density at radius 2 is 1.70 bits per heavy atom. The highest BCUT2D eigenvalue weighted by atomic mass is 32.1. The molecule has 0 saturated heterocycles. The van der Waals surface area contributed by atoms with E-state index in [2.05, 4.69) is 16.4 Å². The first-order valence-corrected chi connectivity index (χ1v) is 9.62. The summed E-state index contributed by atoms with van der Waals surface area (Å²) in [7, 11) is 0. The first kappa shape index (κ1) is 17.2.